The smallest absolute Gasteiger partial charge is 0.143 e. The monoisotopic (exact) mass is 300 g/mol. The van der Waals surface area contributed by atoms with Crippen molar-refractivity contribution in [2.24, 2.45) is 0 Å². The molecule has 23 heavy (non-hydrogen) atoms. The summed E-state index contributed by atoms with van der Waals surface area (Å²) in [6.45, 7) is 0. The SMILES string of the molecule is COc1cccc(-c2c(-c3ccccc3)oc3ccccc23)c1. The molecular formula is C21H16O2. The molecule has 0 fully saturated rings. The third-order valence-electron chi connectivity index (χ3n) is 3.99. The molecule has 0 saturated heterocycles. The van der Waals surface area contributed by atoms with Gasteiger partial charge in [0, 0.05) is 16.5 Å². The molecule has 0 unspecified atom stereocenters. The highest BCUT2D eigenvalue weighted by molar-refractivity contribution is 6.01. The van der Waals surface area contributed by atoms with Crippen molar-refractivity contribution in [1.29, 1.82) is 0 Å². The lowest BCUT2D eigenvalue weighted by Crippen LogP contribution is -1.85. The molecule has 3 aromatic carbocycles. The van der Waals surface area contributed by atoms with Gasteiger partial charge >= 0.3 is 0 Å². The Morgan fingerprint density at radius 3 is 2.30 bits per heavy atom. The van der Waals surface area contributed by atoms with Crippen LogP contribution in [-0.2, 0) is 0 Å². The number of hydrogen-bond donors (Lipinski definition) is 0. The molecule has 0 radical (unpaired) electrons. The predicted molar refractivity (Wildman–Crippen MR) is 93.6 cm³/mol. The summed E-state index contributed by atoms with van der Waals surface area (Å²) in [7, 11) is 1.69. The molecule has 1 heterocycles. The van der Waals surface area contributed by atoms with E-state index in [4.69, 9.17) is 9.15 Å². The highest BCUT2D eigenvalue weighted by Gasteiger charge is 2.17. The molecule has 0 spiro atoms. The van der Waals surface area contributed by atoms with Crippen molar-refractivity contribution < 1.29 is 9.15 Å². The van der Waals surface area contributed by atoms with Gasteiger partial charge in [-0.3, -0.25) is 0 Å². The second-order valence-electron chi connectivity index (χ2n) is 5.40. The summed E-state index contributed by atoms with van der Waals surface area (Å²) in [4.78, 5) is 0. The van der Waals surface area contributed by atoms with Gasteiger partial charge in [-0.15, -0.1) is 0 Å². The average Bonchev–Trinajstić information content (AvgIpc) is 3.02. The van der Waals surface area contributed by atoms with E-state index in [1.54, 1.807) is 7.11 Å². The van der Waals surface area contributed by atoms with E-state index in [0.29, 0.717) is 0 Å². The Balaban J connectivity index is 2.03. The fraction of sp³-hybridized carbons (Fsp3) is 0.0476. The minimum absolute atomic E-state index is 0.840. The number of benzene rings is 3. The summed E-state index contributed by atoms with van der Waals surface area (Å²) >= 11 is 0. The summed E-state index contributed by atoms with van der Waals surface area (Å²) in [6, 6.07) is 26.4. The second-order valence-corrected chi connectivity index (χ2v) is 5.40. The Labute approximate surface area is 135 Å². The molecule has 0 saturated carbocycles. The van der Waals surface area contributed by atoms with Gasteiger partial charge < -0.3 is 9.15 Å². The molecule has 0 amide bonds. The molecule has 4 rings (SSSR count). The van der Waals surface area contributed by atoms with Crippen molar-refractivity contribution in [3.63, 3.8) is 0 Å². The zero-order valence-electron chi connectivity index (χ0n) is 12.8. The molecule has 0 aliphatic carbocycles. The third-order valence-corrected chi connectivity index (χ3v) is 3.99. The lowest BCUT2D eigenvalue weighted by atomic mass is 9.98. The van der Waals surface area contributed by atoms with Crippen molar-refractivity contribution in [1.82, 2.24) is 0 Å². The van der Waals surface area contributed by atoms with Gasteiger partial charge in [-0.2, -0.15) is 0 Å². The van der Waals surface area contributed by atoms with Crippen LogP contribution in [0.3, 0.4) is 0 Å². The molecule has 0 aliphatic heterocycles. The summed E-state index contributed by atoms with van der Waals surface area (Å²) in [5, 5.41) is 1.11. The van der Waals surface area contributed by atoms with Crippen LogP contribution in [0.15, 0.2) is 83.3 Å². The number of ether oxygens (including phenoxy) is 1. The zero-order valence-corrected chi connectivity index (χ0v) is 12.8. The molecule has 112 valence electrons. The summed E-state index contributed by atoms with van der Waals surface area (Å²) in [5.74, 6) is 1.73. The largest absolute Gasteiger partial charge is 0.497 e. The number of hydrogen-bond acceptors (Lipinski definition) is 2. The predicted octanol–water partition coefficient (Wildman–Crippen LogP) is 5.78. The number of fused-ring (bicyclic) bond motifs is 1. The standard InChI is InChI=1S/C21H16O2/c1-22-17-11-7-10-16(14-17)20-18-12-5-6-13-19(18)23-21(20)15-8-3-2-4-9-15/h2-14H,1H3. The molecule has 0 atom stereocenters. The normalized spacial score (nSPS) is 10.8. The number of methoxy groups -OCH3 is 1. The van der Waals surface area contributed by atoms with Crippen LogP contribution in [0.2, 0.25) is 0 Å². The molecule has 1 aromatic heterocycles. The Hall–Kier alpha value is -3.00. The molecule has 4 aromatic rings. The summed E-state index contributed by atoms with van der Waals surface area (Å²) in [5.41, 5.74) is 4.16. The third kappa shape index (κ3) is 2.38. The fourth-order valence-corrected chi connectivity index (χ4v) is 2.90. The van der Waals surface area contributed by atoms with Crippen LogP contribution in [0.25, 0.3) is 33.4 Å². The first-order valence-corrected chi connectivity index (χ1v) is 7.58. The summed E-state index contributed by atoms with van der Waals surface area (Å²) < 4.78 is 11.6. The highest BCUT2D eigenvalue weighted by Crippen LogP contribution is 2.41. The van der Waals surface area contributed by atoms with Crippen LogP contribution >= 0.6 is 0 Å². The Morgan fingerprint density at radius 1 is 0.739 bits per heavy atom. The molecule has 2 heteroatoms. The first-order valence-electron chi connectivity index (χ1n) is 7.58. The number of rotatable bonds is 3. The van der Waals surface area contributed by atoms with Crippen molar-refractivity contribution in [2.75, 3.05) is 7.11 Å². The molecular weight excluding hydrogens is 284 g/mol. The van der Waals surface area contributed by atoms with Gasteiger partial charge in [-0.1, -0.05) is 60.7 Å². The van der Waals surface area contributed by atoms with Gasteiger partial charge in [0.25, 0.3) is 0 Å². The Kier molecular flexibility index (Phi) is 3.35. The van der Waals surface area contributed by atoms with Crippen molar-refractivity contribution in [3.8, 4) is 28.2 Å². The zero-order chi connectivity index (χ0) is 15.6. The Bertz CT molecular complexity index is 952. The number of furan rings is 1. The molecule has 0 N–H and O–H groups in total. The quantitative estimate of drug-likeness (QED) is 0.479. The van der Waals surface area contributed by atoms with Crippen LogP contribution in [-0.4, -0.2) is 7.11 Å². The van der Waals surface area contributed by atoms with E-state index in [2.05, 4.69) is 24.3 Å². The highest BCUT2D eigenvalue weighted by atomic mass is 16.5. The average molecular weight is 300 g/mol. The fourth-order valence-electron chi connectivity index (χ4n) is 2.90. The lowest BCUT2D eigenvalue weighted by molar-refractivity contribution is 0.415. The van der Waals surface area contributed by atoms with E-state index in [0.717, 1.165) is 39.2 Å². The van der Waals surface area contributed by atoms with Crippen LogP contribution in [0, 0.1) is 0 Å². The van der Waals surface area contributed by atoms with Gasteiger partial charge in [-0.25, -0.2) is 0 Å². The second kappa shape index (κ2) is 5.65. The maximum Gasteiger partial charge on any atom is 0.143 e. The van der Waals surface area contributed by atoms with E-state index >= 15 is 0 Å². The minimum atomic E-state index is 0.840. The molecule has 0 bridgehead atoms. The minimum Gasteiger partial charge on any atom is -0.497 e. The lowest BCUT2D eigenvalue weighted by Gasteiger charge is -2.06. The van der Waals surface area contributed by atoms with Crippen LogP contribution in [0.4, 0.5) is 0 Å². The Morgan fingerprint density at radius 2 is 1.48 bits per heavy atom. The van der Waals surface area contributed by atoms with Crippen molar-refractivity contribution in [3.05, 3.63) is 78.9 Å². The molecule has 0 aliphatic rings. The van der Waals surface area contributed by atoms with Crippen LogP contribution in [0.1, 0.15) is 0 Å². The first kappa shape index (κ1) is 13.6. The van der Waals surface area contributed by atoms with E-state index in [1.807, 2.05) is 54.6 Å². The maximum atomic E-state index is 6.17. The topological polar surface area (TPSA) is 22.4 Å². The maximum absolute atomic E-state index is 6.17. The van der Waals surface area contributed by atoms with E-state index < -0.39 is 0 Å². The van der Waals surface area contributed by atoms with Crippen LogP contribution in [0.5, 0.6) is 5.75 Å². The van der Waals surface area contributed by atoms with Gasteiger partial charge in [0.1, 0.15) is 17.1 Å². The van der Waals surface area contributed by atoms with Gasteiger partial charge in [0.15, 0.2) is 0 Å². The van der Waals surface area contributed by atoms with Crippen molar-refractivity contribution in [2.45, 2.75) is 0 Å². The van der Waals surface area contributed by atoms with Gasteiger partial charge in [0.05, 0.1) is 7.11 Å². The van der Waals surface area contributed by atoms with Gasteiger partial charge in [-0.05, 0) is 23.8 Å². The number of para-hydroxylation sites is 1. The summed E-state index contributed by atoms with van der Waals surface area (Å²) in [6.07, 6.45) is 0. The molecule has 2 nitrogen and oxygen atoms in total. The first-order chi connectivity index (χ1) is 11.4. The van der Waals surface area contributed by atoms with Gasteiger partial charge in [0.2, 0.25) is 0 Å². The van der Waals surface area contributed by atoms with E-state index in [-0.39, 0.29) is 0 Å². The van der Waals surface area contributed by atoms with E-state index in [1.165, 1.54) is 0 Å². The van der Waals surface area contributed by atoms with Crippen LogP contribution < -0.4 is 4.74 Å². The van der Waals surface area contributed by atoms with Crippen molar-refractivity contribution >= 4 is 11.0 Å². The van der Waals surface area contributed by atoms with E-state index in [9.17, 15) is 0 Å².